The molecule has 1 saturated heterocycles. The highest BCUT2D eigenvalue weighted by molar-refractivity contribution is 7.20. The topological polar surface area (TPSA) is 63.3 Å². The van der Waals surface area contributed by atoms with Gasteiger partial charge in [0.05, 0.1) is 40.7 Å². The Morgan fingerprint density at radius 2 is 2.12 bits per heavy atom. The van der Waals surface area contributed by atoms with Crippen LogP contribution < -0.4 is 4.74 Å². The standard InChI is InChI=1S/C19H18N4O2S/c1-2-4-17-15(3-1)22-19(26-17)25-14-9-16-18(21-11-14)13(10-20-16)12-23-5-7-24-8-6-23/h1-4,9-11,20H,5-8,12H2. The van der Waals surface area contributed by atoms with Crippen LogP contribution in [0.15, 0.2) is 42.7 Å². The van der Waals surface area contributed by atoms with E-state index in [9.17, 15) is 0 Å². The molecule has 0 bridgehead atoms. The van der Waals surface area contributed by atoms with Gasteiger partial charge in [-0.25, -0.2) is 4.98 Å². The smallest absolute Gasteiger partial charge is 0.279 e. The summed E-state index contributed by atoms with van der Waals surface area (Å²) in [7, 11) is 0. The predicted octanol–water partition coefficient (Wildman–Crippen LogP) is 3.80. The molecule has 4 aromatic rings. The molecular formula is C19H18N4O2S. The number of pyridine rings is 1. The maximum atomic E-state index is 5.93. The lowest BCUT2D eigenvalue weighted by atomic mass is 10.2. The summed E-state index contributed by atoms with van der Waals surface area (Å²) in [6.45, 7) is 4.41. The Kier molecular flexibility index (Phi) is 4.05. The van der Waals surface area contributed by atoms with E-state index in [0.717, 1.165) is 54.1 Å². The minimum absolute atomic E-state index is 0.632. The lowest BCUT2D eigenvalue weighted by Crippen LogP contribution is -2.35. The maximum absolute atomic E-state index is 5.93. The molecule has 0 unspecified atom stereocenters. The average molecular weight is 366 g/mol. The second kappa shape index (κ2) is 6.68. The molecule has 1 aromatic carbocycles. The zero-order valence-electron chi connectivity index (χ0n) is 14.1. The summed E-state index contributed by atoms with van der Waals surface area (Å²) in [6, 6.07) is 10.0. The Morgan fingerprint density at radius 3 is 3.00 bits per heavy atom. The Bertz CT molecular complexity index is 1020. The fourth-order valence-corrected chi connectivity index (χ4v) is 4.05. The Hall–Kier alpha value is -2.48. The lowest BCUT2D eigenvalue weighted by molar-refractivity contribution is 0.0343. The second-order valence-electron chi connectivity index (χ2n) is 6.32. The van der Waals surface area contributed by atoms with Crippen LogP contribution in [0.1, 0.15) is 5.56 Å². The molecule has 26 heavy (non-hydrogen) atoms. The lowest BCUT2D eigenvalue weighted by Gasteiger charge is -2.26. The van der Waals surface area contributed by atoms with E-state index in [1.807, 2.05) is 36.5 Å². The highest BCUT2D eigenvalue weighted by atomic mass is 32.1. The molecule has 132 valence electrons. The van der Waals surface area contributed by atoms with Crippen molar-refractivity contribution in [3.63, 3.8) is 0 Å². The SMILES string of the molecule is c1ccc2sc(Oc3cnc4c(CN5CCOCC5)c[nH]c4c3)nc2c1. The van der Waals surface area contributed by atoms with Crippen molar-refractivity contribution in [2.75, 3.05) is 26.3 Å². The van der Waals surface area contributed by atoms with Crippen molar-refractivity contribution in [2.24, 2.45) is 0 Å². The second-order valence-corrected chi connectivity index (χ2v) is 7.31. The van der Waals surface area contributed by atoms with Crippen molar-refractivity contribution >= 4 is 32.6 Å². The van der Waals surface area contributed by atoms with Gasteiger partial charge in [0.1, 0.15) is 0 Å². The molecule has 7 heteroatoms. The molecule has 0 amide bonds. The first-order valence-electron chi connectivity index (χ1n) is 8.65. The zero-order chi connectivity index (χ0) is 17.3. The molecule has 1 aliphatic rings. The van der Waals surface area contributed by atoms with Gasteiger partial charge < -0.3 is 14.5 Å². The van der Waals surface area contributed by atoms with Crippen molar-refractivity contribution < 1.29 is 9.47 Å². The van der Waals surface area contributed by atoms with Crippen LogP contribution in [-0.2, 0) is 11.3 Å². The normalized spacial score (nSPS) is 15.7. The predicted molar refractivity (Wildman–Crippen MR) is 102 cm³/mol. The molecule has 5 rings (SSSR count). The summed E-state index contributed by atoms with van der Waals surface area (Å²) in [6.07, 6.45) is 3.81. The minimum atomic E-state index is 0.632. The van der Waals surface area contributed by atoms with E-state index in [1.54, 1.807) is 6.20 Å². The number of morpholine rings is 1. The summed E-state index contributed by atoms with van der Waals surface area (Å²) in [5.41, 5.74) is 4.13. The van der Waals surface area contributed by atoms with Gasteiger partial charge in [0.25, 0.3) is 5.19 Å². The fraction of sp³-hybridized carbons (Fsp3) is 0.263. The number of aromatic amines is 1. The van der Waals surface area contributed by atoms with Crippen LogP contribution in [0.25, 0.3) is 21.3 Å². The van der Waals surface area contributed by atoms with Crippen LogP contribution in [0.3, 0.4) is 0 Å². The largest absolute Gasteiger partial charge is 0.429 e. The number of nitrogens with one attached hydrogen (secondary N) is 1. The van der Waals surface area contributed by atoms with Crippen molar-refractivity contribution in [1.82, 2.24) is 19.9 Å². The summed E-state index contributed by atoms with van der Waals surface area (Å²) in [5, 5.41) is 0.632. The number of hydrogen-bond donors (Lipinski definition) is 1. The summed E-state index contributed by atoms with van der Waals surface area (Å²) >= 11 is 1.54. The molecule has 1 aliphatic heterocycles. The van der Waals surface area contributed by atoms with Gasteiger partial charge >= 0.3 is 0 Å². The number of fused-ring (bicyclic) bond motifs is 2. The first-order valence-corrected chi connectivity index (χ1v) is 9.46. The van der Waals surface area contributed by atoms with Gasteiger partial charge in [-0.15, -0.1) is 0 Å². The van der Waals surface area contributed by atoms with Crippen molar-refractivity contribution in [1.29, 1.82) is 0 Å². The summed E-state index contributed by atoms with van der Waals surface area (Å²) in [4.78, 5) is 14.8. The molecule has 0 spiro atoms. The number of thiazole rings is 1. The molecule has 0 aliphatic carbocycles. The zero-order valence-corrected chi connectivity index (χ0v) is 15.0. The monoisotopic (exact) mass is 366 g/mol. The molecule has 3 aromatic heterocycles. The summed E-state index contributed by atoms with van der Waals surface area (Å²) in [5.74, 6) is 0.691. The fourth-order valence-electron chi connectivity index (χ4n) is 3.22. The number of para-hydroxylation sites is 1. The van der Waals surface area contributed by atoms with Crippen LogP contribution in [0.4, 0.5) is 0 Å². The highest BCUT2D eigenvalue weighted by Gasteiger charge is 2.14. The molecule has 4 heterocycles. The Labute approximate surface area is 154 Å². The van der Waals surface area contributed by atoms with Crippen LogP contribution in [-0.4, -0.2) is 46.2 Å². The molecule has 1 N–H and O–H groups in total. The van der Waals surface area contributed by atoms with E-state index < -0.39 is 0 Å². The summed E-state index contributed by atoms with van der Waals surface area (Å²) < 4.78 is 12.5. The first kappa shape index (κ1) is 15.7. The number of rotatable bonds is 4. The molecular weight excluding hydrogens is 348 g/mol. The van der Waals surface area contributed by atoms with Crippen molar-refractivity contribution in [2.45, 2.75) is 6.54 Å². The third kappa shape index (κ3) is 3.05. The molecule has 1 fully saturated rings. The van der Waals surface area contributed by atoms with Crippen LogP contribution in [0, 0.1) is 0 Å². The van der Waals surface area contributed by atoms with E-state index >= 15 is 0 Å². The van der Waals surface area contributed by atoms with Gasteiger partial charge in [-0.05, 0) is 12.1 Å². The average Bonchev–Trinajstić information content (AvgIpc) is 3.26. The molecule has 6 nitrogen and oxygen atoms in total. The Balaban J connectivity index is 1.38. The first-order chi connectivity index (χ1) is 12.8. The number of H-pyrrole nitrogens is 1. The minimum Gasteiger partial charge on any atom is -0.429 e. The van der Waals surface area contributed by atoms with E-state index in [4.69, 9.17) is 9.47 Å². The highest BCUT2D eigenvalue weighted by Crippen LogP contribution is 2.32. The van der Waals surface area contributed by atoms with Crippen LogP contribution >= 0.6 is 11.3 Å². The van der Waals surface area contributed by atoms with E-state index in [-0.39, 0.29) is 0 Å². The number of hydrogen-bond acceptors (Lipinski definition) is 6. The van der Waals surface area contributed by atoms with E-state index in [2.05, 4.69) is 19.9 Å². The number of nitrogens with zero attached hydrogens (tertiary/aromatic N) is 3. The quantitative estimate of drug-likeness (QED) is 0.595. The van der Waals surface area contributed by atoms with Gasteiger partial charge in [0, 0.05) is 37.5 Å². The molecule has 0 radical (unpaired) electrons. The van der Waals surface area contributed by atoms with E-state index in [0.29, 0.717) is 10.9 Å². The maximum Gasteiger partial charge on any atom is 0.279 e. The van der Waals surface area contributed by atoms with Gasteiger partial charge in [-0.2, -0.15) is 0 Å². The van der Waals surface area contributed by atoms with Crippen LogP contribution in [0.2, 0.25) is 0 Å². The van der Waals surface area contributed by atoms with Gasteiger partial charge in [-0.1, -0.05) is 23.5 Å². The van der Waals surface area contributed by atoms with Crippen LogP contribution in [0.5, 0.6) is 10.9 Å². The van der Waals surface area contributed by atoms with Crippen molar-refractivity contribution in [3.05, 3.63) is 48.3 Å². The van der Waals surface area contributed by atoms with Gasteiger partial charge in [0.2, 0.25) is 0 Å². The van der Waals surface area contributed by atoms with E-state index in [1.165, 1.54) is 16.9 Å². The third-order valence-electron chi connectivity index (χ3n) is 4.55. The van der Waals surface area contributed by atoms with Gasteiger partial charge in [-0.3, -0.25) is 9.88 Å². The Morgan fingerprint density at radius 1 is 1.23 bits per heavy atom. The molecule has 0 atom stereocenters. The number of ether oxygens (including phenoxy) is 2. The third-order valence-corrected chi connectivity index (χ3v) is 5.46. The van der Waals surface area contributed by atoms with Crippen molar-refractivity contribution in [3.8, 4) is 10.9 Å². The number of aromatic nitrogens is 3. The number of benzene rings is 1. The molecule has 0 saturated carbocycles. The van der Waals surface area contributed by atoms with Gasteiger partial charge in [0.15, 0.2) is 5.75 Å².